The zero-order valence-corrected chi connectivity index (χ0v) is 13.5. The summed E-state index contributed by atoms with van der Waals surface area (Å²) in [6, 6.07) is 5.09. The van der Waals surface area contributed by atoms with E-state index in [1.54, 1.807) is 12.1 Å². The van der Waals surface area contributed by atoms with Crippen molar-refractivity contribution in [2.24, 2.45) is 0 Å². The molecule has 0 fully saturated rings. The SMILES string of the molecule is CCN(CC)Cc1cn(CC=C(C)C)c2ccc(F)cc12. The first-order valence-electron chi connectivity index (χ1n) is 7.68. The van der Waals surface area contributed by atoms with Crippen LogP contribution in [-0.4, -0.2) is 22.6 Å². The standard InChI is InChI=1S/C18H25FN2/c1-5-20(6-2)12-15-13-21(10-9-14(3)4)18-8-7-16(19)11-17(15)18/h7-9,11,13H,5-6,10,12H2,1-4H3. The van der Waals surface area contributed by atoms with Crippen LogP contribution < -0.4 is 0 Å². The van der Waals surface area contributed by atoms with Crippen LogP contribution in [0, 0.1) is 5.82 Å². The molecule has 0 spiro atoms. The molecule has 2 nitrogen and oxygen atoms in total. The lowest BCUT2D eigenvalue weighted by Crippen LogP contribution is -2.21. The van der Waals surface area contributed by atoms with Crippen LogP contribution in [0.1, 0.15) is 33.3 Å². The third-order valence-corrected chi connectivity index (χ3v) is 3.91. The molecule has 0 saturated heterocycles. The first-order valence-corrected chi connectivity index (χ1v) is 7.68. The van der Waals surface area contributed by atoms with E-state index >= 15 is 0 Å². The van der Waals surface area contributed by atoms with E-state index in [-0.39, 0.29) is 5.82 Å². The van der Waals surface area contributed by atoms with Crippen LogP contribution in [0.15, 0.2) is 36.0 Å². The molecule has 0 unspecified atom stereocenters. The Hall–Kier alpha value is -1.61. The molecule has 2 aromatic rings. The zero-order chi connectivity index (χ0) is 15.4. The molecule has 0 amide bonds. The monoisotopic (exact) mass is 288 g/mol. The molecule has 1 heterocycles. The highest BCUT2D eigenvalue weighted by Gasteiger charge is 2.11. The van der Waals surface area contributed by atoms with Crippen molar-refractivity contribution >= 4 is 10.9 Å². The lowest BCUT2D eigenvalue weighted by molar-refractivity contribution is 0.296. The van der Waals surface area contributed by atoms with Gasteiger partial charge in [-0.1, -0.05) is 25.5 Å². The van der Waals surface area contributed by atoms with Crippen molar-refractivity contribution in [3.63, 3.8) is 0 Å². The van der Waals surface area contributed by atoms with Gasteiger partial charge in [0.15, 0.2) is 0 Å². The zero-order valence-electron chi connectivity index (χ0n) is 13.5. The molecule has 1 aromatic heterocycles. The van der Waals surface area contributed by atoms with Gasteiger partial charge in [-0.2, -0.15) is 0 Å². The fourth-order valence-electron chi connectivity index (χ4n) is 2.59. The van der Waals surface area contributed by atoms with E-state index in [0.29, 0.717) is 0 Å². The van der Waals surface area contributed by atoms with Gasteiger partial charge in [-0.05, 0) is 50.7 Å². The van der Waals surface area contributed by atoms with Crippen LogP contribution in [0.5, 0.6) is 0 Å². The predicted molar refractivity (Wildman–Crippen MR) is 88.0 cm³/mol. The van der Waals surface area contributed by atoms with Gasteiger partial charge in [-0.3, -0.25) is 4.90 Å². The Kier molecular flexibility index (Phi) is 5.18. The third kappa shape index (κ3) is 3.73. The molecule has 114 valence electrons. The molecule has 0 N–H and O–H groups in total. The number of allylic oxidation sites excluding steroid dienone is 2. The number of hydrogen-bond acceptors (Lipinski definition) is 1. The summed E-state index contributed by atoms with van der Waals surface area (Å²) >= 11 is 0. The van der Waals surface area contributed by atoms with Crippen LogP contribution in [-0.2, 0) is 13.1 Å². The smallest absolute Gasteiger partial charge is 0.123 e. The number of rotatable bonds is 6. The second kappa shape index (κ2) is 6.90. The maximum absolute atomic E-state index is 13.6. The van der Waals surface area contributed by atoms with E-state index in [2.05, 4.69) is 49.4 Å². The minimum Gasteiger partial charge on any atom is -0.343 e. The van der Waals surface area contributed by atoms with Crippen LogP contribution in [0.25, 0.3) is 10.9 Å². The fraction of sp³-hybridized carbons (Fsp3) is 0.444. The fourth-order valence-corrected chi connectivity index (χ4v) is 2.59. The van der Waals surface area contributed by atoms with Gasteiger partial charge >= 0.3 is 0 Å². The van der Waals surface area contributed by atoms with E-state index < -0.39 is 0 Å². The minimum atomic E-state index is -0.164. The summed E-state index contributed by atoms with van der Waals surface area (Å²) in [7, 11) is 0. The predicted octanol–water partition coefficient (Wildman–Crippen LogP) is 4.59. The molecule has 21 heavy (non-hydrogen) atoms. The summed E-state index contributed by atoms with van der Waals surface area (Å²) < 4.78 is 15.8. The number of fused-ring (bicyclic) bond motifs is 1. The molecule has 0 aliphatic heterocycles. The molecule has 0 aliphatic rings. The second-order valence-electron chi connectivity index (χ2n) is 5.71. The highest BCUT2D eigenvalue weighted by molar-refractivity contribution is 5.84. The lowest BCUT2D eigenvalue weighted by Gasteiger charge is -2.17. The summed E-state index contributed by atoms with van der Waals surface area (Å²) in [5, 5.41) is 1.03. The molecule has 0 radical (unpaired) electrons. The highest BCUT2D eigenvalue weighted by atomic mass is 19.1. The quantitative estimate of drug-likeness (QED) is 0.706. The first kappa shape index (κ1) is 15.8. The van der Waals surface area contributed by atoms with Crippen molar-refractivity contribution in [3.05, 3.63) is 47.4 Å². The van der Waals surface area contributed by atoms with Crippen molar-refractivity contribution in [1.29, 1.82) is 0 Å². The van der Waals surface area contributed by atoms with Crippen LogP contribution in [0.3, 0.4) is 0 Å². The van der Waals surface area contributed by atoms with E-state index in [1.165, 1.54) is 11.1 Å². The topological polar surface area (TPSA) is 8.17 Å². The molecule has 2 rings (SSSR count). The normalized spacial score (nSPS) is 11.3. The molecule has 0 aliphatic carbocycles. The van der Waals surface area contributed by atoms with Gasteiger partial charge in [0, 0.05) is 30.2 Å². The Morgan fingerprint density at radius 1 is 1.24 bits per heavy atom. The van der Waals surface area contributed by atoms with Crippen LogP contribution in [0.4, 0.5) is 4.39 Å². The maximum atomic E-state index is 13.6. The van der Waals surface area contributed by atoms with Crippen molar-refractivity contribution in [2.75, 3.05) is 13.1 Å². The van der Waals surface area contributed by atoms with Gasteiger partial charge in [-0.15, -0.1) is 0 Å². The Bertz CT molecular complexity index is 632. The van der Waals surface area contributed by atoms with Gasteiger partial charge in [0.2, 0.25) is 0 Å². The van der Waals surface area contributed by atoms with Gasteiger partial charge in [-0.25, -0.2) is 4.39 Å². The average molecular weight is 288 g/mol. The van der Waals surface area contributed by atoms with E-state index in [4.69, 9.17) is 0 Å². The van der Waals surface area contributed by atoms with Gasteiger partial charge < -0.3 is 4.57 Å². The molecule has 0 bridgehead atoms. The summed E-state index contributed by atoms with van der Waals surface area (Å²) in [6.07, 6.45) is 4.37. The molecule has 1 aromatic carbocycles. The number of halogens is 1. The molecular weight excluding hydrogens is 263 g/mol. The van der Waals surface area contributed by atoms with E-state index in [9.17, 15) is 4.39 Å². The second-order valence-corrected chi connectivity index (χ2v) is 5.71. The Balaban J connectivity index is 2.44. The van der Waals surface area contributed by atoms with Gasteiger partial charge in [0.05, 0.1) is 0 Å². The van der Waals surface area contributed by atoms with E-state index in [0.717, 1.165) is 37.1 Å². The summed E-state index contributed by atoms with van der Waals surface area (Å²) in [5.74, 6) is -0.164. The number of benzene rings is 1. The Morgan fingerprint density at radius 2 is 1.95 bits per heavy atom. The third-order valence-electron chi connectivity index (χ3n) is 3.91. The van der Waals surface area contributed by atoms with Crippen molar-refractivity contribution in [3.8, 4) is 0 Å². The molecule has 0 atom stereocenters. The van der Waals surface area contributed by atoms with Crippen molar-refractivity contribution < 1.29 is 4.39 Å². The average Bonchev–Trinajstić information content (AvgIpc) is 2.79. The number of aromatic nitrogens is 1. The Morgan fingerprint density at radius 3 is 2.57 bits per heavy atom. The van der Waals surface area contributed by atoms with Crippen molar-refractivity contribution in [2.45, 2.75) is 40.8 Å². The van der Waals surface area contributed by atoms with Crippen molar-refractivity contribution in [1.82, 2.24) is 9.47 Å². The first-order chi connectivity index (χ1) is 10.0. The van der Waals surface area contributed by atoms with Gasteiger partial charge in [0.1, 0.15) is 5.82 Å². The van der Waals surface area contributed by atoms with Crippen LogP contribution >= 0.6 is 0 Å². The van der Waals surface area contributed by atoms with Crippen LogP contribution in [0.2, 0.25) is 0 Å². The molecular formula is C18H25FN2. The minimum absolute atomic E-state index is 0.164. The Labute approximate surface area is 126 Å². The molecule has 3 heteroatoms. The number of nitrogens with zero attached hydrogens (tertiary/aromatic N) is 2. The largest absolute Gasteiger partial charge is 0.343 e. The maximum Gasteiger partial charge on any atom is 0.123 e. The molecule has 0 saturated carbocycles. The lowest BCUT2D eigenvalue weighted by atomic mass is 10.1. The summed E-state index contributed by atoms with van der Waals surface area (Å²) in [6.45, 7) is 12.2. The number of hydrogen-bond donors (Lipinski definition) is 0. The van der Waals surface area contributed by atoms with Gasteiger partial charge in [0.25, 0.3) is 0 Å². The van der Waals surface area contributed by atoms with E-state index in [1.807, 2.05) is 6.07 Å². The summed E-state index contributed by atoms with van der Waals surface area (Å²) in [5.41, 5.74) is 3.61. The highest BCUT2D eigenvalue weighted by Crippen LogP contribution is 2.24. The summed E-state index contributed by atoms with van der Waals surface area (Å²) in [4.78, 5) is 2.35.